The van der Waals surface area contributed by atoms with Gasteiger partial charge in [0.05, 0.1) is 5.56 Å². The molecule has 0 amide bonds. The first kappa shape index (κ1) is 11.2. The third-order valence-corrected chi connectivity index (χ3v) is 6.85. The molecule has 1 saturated heterocycles. The molecule has 86 valence electrons. The highest BCUT2D eigenvalue weighted by molar-refractivity contribution is 6.81. The van der Waals surface area contributed by atoms with Crippen molar-refractivity contribution in [2.75, 3.05) is 11.1 Å². The number of benzene rings is 1. The van der Waals surface area contributed by atoms with Crippen LogP contribution < -0.4 is 4.57 Å². The van der Waals surface area contributed by atoms with E-state index in [-0.39, 0.29) is 0 Å². The summed E-state index contributed by atoms with van der Waals surface area (Å²) in [6, 6.07) is 8.58. The molecule has 1 fully saturated rings. The lowest BCUT2D eigenvalue weighted by atomic mass is 10.2. The van der Waals surface area contributed by atoms with Gasteiger partial charge in [0.1, 0.15) is 0 Å². The van der Waals surface area contributed by atoms with Gasteiger partial charge in [0, 0.05) is 12.2 Å². The van der Waals surface area contributed by atoms with Crippen LogP contribution in [0.15, 0.2) is 24.3 Å². The van der Waals surface area contributed by atoms with Gasteiger partial charge in [-0.1, -0.05) is 13.1 Å². The van der Waals surface area contributed by atoms with Crippen molar-refractivity contribution in [1.29, 1.82) is 0 Å². The van der Waals surface area contributed by atoms with E-state index in [1.807, 2.05) is 12.1 Å². The molecule has 0 unspecified atom stereocenters. The average molecular weight is 235 g/mol. The SMILES string of the molecule is C[Si]1(C)CCCN1c1ccc(C(=O)O)cc1. The van der Waals surface area contributed by atoms with Gasteiger partial charge in [-0.2, -0.15) is 0 Å². The first-order chi connectivity index (χ1) is 7.50. The largest absolute Gasteiger partial charge is 0.478 e. The Morgan fingerprint density at radius 3 is 2.38 bits per heavy atom. The summed E-state index contributed by atoms with van der Waals surface area (Å²) in [6.45, 7) is 5.85. The fourth-order valence-corrected chi connectivity index (χ4v) is 5.27. The fourth-order valence-electron chi connectivity index (χ4n) is 2.37. The zero-order valence-electron chi connectivity index (χ0n) is 9.73. The molecule has 1 heterocycles. The summed E-state index contributed by atoms with van der Waals surface area (Å²) >= 11 is 0. The molecule has 0 bridgehead atoms. The van der Waals surface area contributed by atoms with Crippen molar-refractivity contribution in [3.63, 3.8) is 0 Å². The van der Waals surface area contributed by atoms with Crippen LogP contribution in [-0.2, 0) is 0 Å². The predicted octanol–water partition coefficient (Wildman–Crippen LogP) is 2.80. The minimum Gasteiger partial charge on any atom is -0.478 e. The van der Waals surface area contributed by atoms with Crippen LogP contribution in [0.2, 0.25) is 19.1 Å². The zero-order chi connectivity index (χ0) is 11.8. The molecule has 1 aliphatic heterocycles. The lowest BCUT2D eigenvalue weighted by Crippen LogP contribution is -2.43. The predicted molar refractivity (Wildman–Crippen MR) is 67.7 cm³/mol. The standard InChI is InChI=1S/C12H17NO2Si/c1-16(2)9-3-8-13(16)11-6-4-10(5-7-11)12(14)15/h4-7H,3,8-9H2,1-2H3,(H,14,15). The third-order valence-electron chi connectivity index (χ3n) is 3.33. The van der Waals surface area contributed by atoms with Crippen molar-refractivity contribution < 1.29 is 9.90 Å². The Balaban J connectivity index is 2.25. The number of hydrogen-bond acceptors (Lipinski definition) is 2. The summed E-state index contributed by atoms with van der Waals surface area (Å²) < 4.78 is 2.48. The monoisotopic (exact) mass is 235 g/mol. The molecule has 1 N–H and O–H groups in total. The van der Waals surface area contributed by atoms with Crippen LogP contribution in [0.5, 0.6) is 0 Å². The van der Waals surface area contributed by atoms with E-state index in [9.17, 15) is 4.79 Å². The topological polar surface area (TPSA) is 40.5 Å². The molecule has 1 aromatic carbocycles. The van der Waals surface area contributed by atoms with Crippen LogP contribution in [0.3, 0.4) is 0 Å². The third kappa shape index (κ3) is 1.97. The molecule has 0 radical (unpaired) electrons. The summed E-state index contributed by atoms with van der Waals surface area (Å²) in [7, 11) is -1.27. The summed E-state index contributed by atoms with van der Waals surface area (Å²) in [5.41, 5.74) is 1.54. The Labute approximate surface area is 96.8 Å². The van der Waals surface area contributed by atoms with Gasteiger partial charge in [0.15, 0.2) is 8.24 Å². The summed E-state index contributed by atoms with van der Waals surface area (Å²) in [4.78, 5) is 10.8. The van der Waals surface area contributed by atoms with Gasteiger partial charge in [-0.05, 0) is 36.7 Å². The van der Waals surface area contributed by atoms with Crippen LogP contribution >= 0.6 is 0 Å². The number of aromatic carboxylic acids is 1. The van der Waals surface area contributed by atoms with E-state index < -0.39 is 14.2 Å². The molecular weight excluding hydrogens is 218 g/mol. The van der Waals surface area contributed by atoms with Crippen molar-refractivity contribution in [1.82, 2.24) is 0 Å². The summed E-state index contributed by atoms with van der Waals surface area (Å²) in [6.07, 6.45) is 1.26. The fraction of sp³-hybridized carbons (Fsp3) is 0.417. The molecule has 0 saturated carbocycles. The van der Waals surface area contributed by atoms with Gasteiger partial charge in [0.2, 0.25) is 0 Å². The minimum absolute atomic E-state index is 0.363. The normalized spacial score (nSPS) is 18.8. The van der Waals surface area contributed by atoms with Gasteiger partial charge in [-0.3, -0.25) is 0 Å². The van der Waals surface area contributed by atoms with E-state index in [0.29, 0.717) is 5.56 Å². The molecule has 0 aromatic heterocycles. The molecule has 4 heteroatoms. The average Bonchev–Trinajstić information content (AvgIpc) is 2.58. The quantitative estimate of drug-likeness (QED) is 0.801. The first-order valence-electron chi connectivity index (χ1n) is 5.62. The van der Waals surface area contributed by atoms with E-state index in [0.717, 1.165) is 6.54 Å². The Hall–Kier alpha value is -1.29. The van der Waals surface area contributed by atoms with Crippen molar-refractivity contribution in [3.8, 4) is 0 Å². The van der Waals surface area contributed by atoms with Crippen LogP contribution in [-0.4, -0.2) is 25.9 Å². The van der Waals surface area contributed by atoms with Crippen molar-refractivity contribution in [2.45, 2.75) is 25.6 Å². The molecule has 0 aliphatic carbocycles. The molecular formula is C12H17NO2Si. The van der Waals surface area contributed by atoms with Crippen LogP contribution in [0, 0.1) is 0 Å². The zero-order valence-corrected chi connectivity index (χ0v) is 10.7. The Morgan fingerprint density at radius 1 is 1.31 bits per heavy atom. The van der Waals surface area contributed by atoms with Gasteiger partial charge in [-0.25, -0.2) is 4.79 Å². The van der Waals surface area contributed by atoms with E-state index in [4.69, 9.17) is 5.11 Å². The summed E-state index contributed by atoms with van der Waals surface area (Å²) in [5.74, 6) is -0.857. The Kier molecular flexibility index (Phi) is 2.76. The van der Waals surface area contributed by atoms with E-state index in [2.05, 4.69) is 17.7 Å². The van der Waals surface area contributed by atoms with Crippen molar-refractivity contribution in [3.05, 3.63) is 29.8 Å². The number of hydrogen-bond donors (Lipinski definition) is 1. The van der Waals surface area contributed by atoms with Gasteiger partial charge < -0.3 is 9.67 Å². The number of carboxylic acids is 1. The minimum atomic E-state index is -1.27. The lowest BCUT2D eigenvalue weighted by molar-refractivity contribution is 0.0697. The second-order valence-electron chi connectivity index (χ2n) is 4.92. The molecule has 3 nitrogen and oxygen atoms in total. The highest BCUT2D eigenvalue weighted by Gasteiger charge is 2.34. The van der Waals surface area contributed by atoms with E-state index >= 15 is 0 Å². The van der Waals surface area contributed by atoms with Crippen molar-refractivity contribution >= 4 is 19.9 Å². The number of carbonyl (C=O) groups is 1. The lowest BCUT2D eigenvalue weighted by Gasteiger charge is -2.32. The van der Waals surface area contributed by atoms with Gasteiger partial charge in [0.25, 0.3) is 0 Å². The van der Waals surface area contributed by atoms with Crippen molar-refractivity contribution in [2.24, 2.45) is 0 Å². The second kappa shape index (κ2) is 3.94. The highest BCUT2D eigenvalue weighted by atomic mass is 28.3. The maximum absolute atomic E-state index is 10.8. The van der Waals surface area contributed by atoms with Gasteiger partial charge in [-0.15, -0.1) is 0 Å². The van der Waals surface area contributed by atoms with E-state index in [1.54, 1.807) is 12.1 Å². The molecule has 2 rings (SSSR count). The molecule has 16 heavy (non-hydrogen) atoms. The number of anilines is 1. The maximum Gasteiger partial charge on any atom is 0.335 e. The molecule has 0 spiro atoms. The smallest absolute Gasteiger partial charge is 0.335 e. The van der Waals surface area contributed by atoms with Gasteiger partial charge >= 0.3 is 5.97 Å². The highest BCUT2D eigenvalue weighted by Crippen LogP contribution is 2.31. The number of rotatable bonds is 2. The van der Waals surface area contributed by atoms with Crippen LogP contribution in [0.25, 0.3) is 0 Å². The maximum atomic E-state index is 10.8. The first-order valence-corrected chi connectivity index (χ1v) is 8.77. The molecule has 1 aliphatic rings. The molecule has 1 aromatic rings. The Morgan fingerprint density at radius 2 is 1.94 bits per heavy atom. The number of carboxylic acid groups (broad SMARTS) is 1. The number of nitrogens with zero attached hydrogens (tertiary/aromatic N) is 1. The second-order valence-corrected chi connectivity index (χ2v) is 9.58. The van der Waals surface area contributed by atoms with Crippen LogP contribution in [0.4, 0.5) is 5.69 Å². The summed E-state index contributed by atoms with van der Waals surface area (Å²) in [5, 5.41) is 8.84. The molecule has 0 atom stereocenters. The van der Waals surface area contributed by atoms with E-state index in [1.165, 1.54) is 18.2 Å². The van der Waals surface area contributed by atoms with Crippen LogP contribution in [0.1, 0.15) is 16.8 Å². The Bertz CT molecular complexity index is 400.